The van der Waals surface area contributed by atoms with Gasteiger partial charge in [0.25, 0.3) is 5.56 Å². The van der Waals surface area contributed by atoms with Crippen LogP contribution in [-0.2, 0) is 13.0 Å². The van der Waals surface area contributed by atoms with E-state index >= 15 is 0 Å². The molecule has 0 aliphatic carbocycles. The molecule has 0 radical (unpaired) electrons. The summed E-state index contributed by atoms with van der Waals surface area (Å²) < 4.78 is 7.95. The van der Waals surface area contributed by atoms with E-state index < -0.39 is 0 Å². The van der Waals surface area contributed by atoms with Crippen LogP contribution >= 0.6 is 11.3 Å². The zero-order chi connectivity index (χ0) is 13.4. The van der Waals surface area contributed by atoms with Crippen LogP contribution in [0.5, 0.6) is 0 Å². The Bertz CT molecular complexity index is 782. The molecule has 0 saturated carbocycles. The molecular weight excluding hydrogens is 260 g/mol. The summed E-state index contributed by atoms with van der Waals surface area (Å²) in [5.74, 6) is 0.786. The molecule has 0 amide bonds. The van der Waals surface area contributed by atoms with E-state index in [9.17, 15) is 4.79 Å². The first-order valence-electron chi connectivity index (χ1n) is 6.21. The molecule has 0 aliphatic heterocycles. The fourth-order valence-corrected chi connectivity index (χ4v) is 2.99. The largest absolute Gasteiger partial charge is 0.361 e. The van der Waals surface area contributed by atoms with E-state index in [1.54, 1.807) is 15.9 Å². The number of nitrogens with zero attached hydrogens (tertiary/aromatic N) is 2. The topological polar surface area (TPSA) is 48.0 Å². The molecule has 98 valence electrons. The number of rotatable bonds is 3. The van der Waals surface area contributed by atoms with Gasteiger partial charge in [0, 0.05) is 16.5 Å². The third-order valence-corrected chi connectivity index (χ3v) is 4.20. The molecule has 4 nitrogen and oxygen atoms in total. The Hall–Kier alpha value is -1.88. The quantitative estimate of drug-likeness (QED) is 0.737. The number of thiophene rings is 1. The summed E-state index contributed by atoms with van der Waals surface area (Å²) in [5.41, 5.74) is 1.98. The van der Waals surface area contributed by atoms with Crippen molar-refractivity contribution in [2.24, 2.45) is 0 Å². The highest BCUT2D eigenvalue weighted by atomic mass is 32.1. The number of hydrogen-bond donors (Lipinski definition) is 0. The Morgan fingerprint density at radius 1 is 1.42 bits per heavy atom. The van der Waals surface area contributed by atoms with Crippen molar-refractivity contribution in [1.29, 1.82) is 0 Å². The zero-order valence-electron chi connectivity index (χ0n) is 10.8. The first kappa shape index (κ1) is 12.2. The van der Waals surface area contributed by atoms with Crippen molar-refractivity contribution in [3.63, 3.8) is 0 Å². The second-order valence-electron chi connectivity index (χ2n) is 4.46. The Morgan fingerprint density at radius 3 is 3.05 bits per heavy atom. The van der Waals surface area contributed by atoms with Crippen LogP contribution in [0.4, 0.5) is 0 Å². The Balaban J connectivity index is 2.08. The van der Waals surface area contributed by atoms with Crippen molar-refractivity contribution in [2.45, 2.75) is 26.8 Å². The van der Waals surface area contributed by atoms with Gasteiger partial charge in [0.2, 0.25) is 0 Å². The molecule has 0 spiro atoms. The van der Waals surface area contributed by atoms with E-state index in [4.69, 9.17) is 4.52 Å². The van der Waals surface area contributed by atoms with Gasteiger partial charge in [-0.05, 0) is 30.9 Å². The Morgan fingerprint density at radius 2 is 2.26 bits per heavy atom. The molecule has 19 heavy (non-hydrogen) atoms. The summed E-state index contributed by atoms with van der Waals surface area (Å²) in [6.45, 7) is 4.43. The van der Waals surface area contributed by atoms with Crippen molar-refractivity contribution in [3.05, 3.63) is 51.1 Å². The van der Waals surface area contributed by atoms with Crippen LogP contribution < -0.4 is 5.56 Å². The summed E-state index contributed by atoms with van der Waals surface area (Å²) in [6, 6.07) is 3.86. The van der Waals surface area contributed by atoms with Gasteiger partial charge in [0.1, 0.15) is 5.76 Å². The molecule has 0 fully saturated rings. The van der Waals surface area contributed by atoms with E-state index in [1.807, 2.05) is 37.6 Å². The fourth-order valence-electron chi connectivity index (χ4n) is 2.22. The monoisotopic (exact) mass is 274 g/mol. The fraction of sp³-hybridized carbons (Fsp3) is 0.286. The highest BCUT2D eigenvalue weighted by Crippen LogP contribution is 2.18. The van der Waals surface area contributed by atoms with Crippen LogP contribution in [0.1, 0.15) is 23.9 Å². The normalized spacial score (nSPS) is 11.3. The molecule has 0 atom stereocenters. The minimum Gasteiger partial charge on any atom is -0.361 e. The summed E-state index contributed by atoms with van der Waals surface area (Å²) in [6.07, 6.45) is 2.65. The maximum atomic E-state index is 12.3. The molecule has 0 aliphatic rings. The van der Waals surface area contributed by atoms with Gasteiger partial charge in [0.05, 0.1) is 17.6 Å². The van der Waals surface area contributed by atoms with Crippen molar-refractivity contribution in [1.82, 2.24) is 9.72 Å². The number of aromatic nitrogens is 2. The van der Waals surface area contributed by atoms with Crippen molar-refractivity contribution in [3.8, 4) is 0 Å². The molecule has 0 saturated heterocycles. The zero-order valence-corrected chi connectivity index (χ0v) is 11.7. The molecule has 3 aromatic rings. The number of fused-ring (bicyclic) bond motifs is 1. The maximum absolute atomic E-state index is 12.3. The Kier molecular flexibility index (Phi) is 2.98. The van der Waals surface area contributed by atoms with Gasteiger partial charge >= 0.3 is 0 Å². The summed E-state index contributed by atoms with van der Waals surface area (Å²) in [7, 11) is 0. The lowest BCUT2D eigenvalue weighted by Crippen LogP contribution is -2.20. The molecule has 3 aromatic heterocycles. The average molecular weight is 274 g/mol. The van der Waals surface area contributed by atoms with Gasteiger partial charge in [-0.2, -0.15) is 0 Å². The van der Waals surface area contributed by atoms with Crippen LogP contribution in [0.3, 0.4) is 0 Å². The molecule has 0 unspecified atom stereocenters. The van der Waals surface area contributed by atoms with Crippen LogP contribution in [0, 0.1) is 6.92 Å². The average Bonchev–Trinajstić information content (AvgIpc) is 3.01. The standard InChI is InChI=1S/C14H14N2O2S/c1-3-12-11(9(2)18-15-12)8-16-6-4-13-10(14(16)17)5-7-19-13/h4-7H,3,8H2,1-2H3. The predicted molar refractivity (Wildman–Crippen MR) is 75.8 cm³/mol. The van der Waals surface area contributed by atoms with E-state index in [0.717, 1.165) is 33.5 Å². The maximum Gasteiger partial charge on any atom is 0.259 e. The second kappa shape index (κ2) is 4.66. The van der Waals surface area contributed by atoms with E-state index in [-0.39, 0.29) is 5.56 Å². The van der Waals surface area contributed by atoms with Gasteiger partial charge in [-0.25, -0.2) is 0 Å². The molecule has 0 bridgehead atoms. The highest BCUT2D eigenvalue weighted by Gasteiger charge is 2.13. The summed E-state index contributed by atoms with van der Waals surface area (Å²) >= 11 is 1.58. The van der Waals surface area contributed by atoms with E-state index in [2.05, 4.69) is 5.16 Å². The lowest BCUT2D eigenvalue weighted by molar-refractivity contribution is 0.390. The number of hydrogen-bond acceptors (Lipinski definition) is 4. The minimum absolute atomic E-state index is 0.0430. The lowest BCUT2D eigenvalue weighted by Gasteiger charge is -2.05. The molecule has 3 rings (SSSR count). The Labute approximate surface area is 114 Å². The van der Waals surface area contributed by atoms with Gasteiger partial charge in [-0.15, -0.1) is 11.3 Å². The van der Waals surface area contributed by atoms with E-state index in [0.29, 0.717) is 6.54 Å². The van der Waals surface area contributed by atoms with Crippen LogP contribution in [-0.4, -0.2) is 9.72 Å². The lowest BCUT2D eigenvalue weighted by atomic mass is 10.1. The minimum atomic E-state index is 0.0430. The van der Waals surface area contributed by atoms with Gasteiger partial charge in [0.15, 0.2) is 0 Å². The number of aryl methyl sites for hydroxylation is 2. The smallest absolute Gasteiger partial charge is 0.259 e. The third-order valence-electron chi connectivity index (χ3n) is 3.32. The van der Waals surface area contributed by atoms with Crippen molar-refractivity contribution in [2.75, 3.05) is 0 Å². The molecule has 0 aromatic carbocycles. The molecule has 0 N–H and O–H groups in total. The first-order chi connectivity index (χ1) is 9.20. The molecule has 5 heteroatoms. The van der Waals surface area contributed by atoms with Gasteiger partial charge in [-0.1, -0.05) is 12.1 Å². The first-order valence-corrected chi connectivity index (χ1v) is 7.09. The van der Waals surface area contributed by atoms with Crippen LogP contribution in [0.2, 0.25) is 0 Å². The third kappa shape index (κ3) is 2.00. The predicted octanol–water partition coefficient (Wildman–Crippen LogP) is 2.97. The van der Waals surface area contributed by atoms with Gasteiger partial charge in [-0.3, -0.25) is 4.79 Å². The van der Waals surface area contributed by atoms with Gasteiger partial charge < -0.3 is 9.09 Å². The van der Waals surface area contributed by atoms with Crippen molar-refractivity contribution < 1.29 is 4.52 Å². The molecule has 3 heterocycles. The number of pyridine rings is 1. The van der Waals surface area contributed by atoms with Crippen molar-refractivity contribution >= 4 is 21.4 Å². The molecular formula is C14H14N2O2S. The second-order valence-corrected chi connectivity index (χ2v) is 5.41. The summed E-state index contributed by atoms with van der Waals surface area (Å²) in [4.78, 5) is 12.3. The highest BCUT2D eigenvalue weighted by molar-refractivity contribution is 7.17. The van der Waals surface area contributed by atoms with Crippen LogP contribution in [0.25, 0.3) is 10.1 Å². The van der Waals surface area contributed by atoms with E-state index in [1.165, 1.54) is 0 Å². The summed E-state index contributed by atoms with van der Waals surface area (Å²) in [5, 5.41) is 6.74. The van der Waals surface area contributed by atoms with Crippen LogP contribution in [0.15, 0.2) is 33.0 Å². The SMILES string of the molecule is CCc1noc(C)c1Cn1ccc2sccc2c1=O.